The number of nitrogen functional groups attached to an aromatic ring is 1. The van der Waals surface area contributed by atoms with Gasteiger partial charge in [-0.05, 0) is 37.9 Å². The van der Waals surface area contributed by atoms with Crippen LogP contribution in [0.4, 0.5) is 11.4 Å². The van der Waals surface area contributed by atoms with Crippen LogP contribution in [0.2, 0.25) is 0 Å². The lowest BCUT2D eigenvalue weighted by Crippen LogP contribution is -2.30. The maximum Gasteiger partial charge on any atom is 0.224 e. The third kappa shape index (κ3) is 4.51. The van der Waals surface area contributed by atoms with Crippen molar-refractivity contribution in [1.82, 2.24) is 4.90 Å². The monoisotopic (exact) mass is 277 g/mol. The number of aliphatic hydroxyl groups is 1. The normalized spacial score (nSPS) is 14.5. The molecule has 0 unspecified atom stereocenters. The van der Waals surface area contributed by atoms with E-state index in [1.54, 1.807) is 12.1 Å². The lowest BCUT2D eigenvalue weighted by molar-refractivity contribution is -0.116. The Bertz CT molecular complexity index is 446. The van der Waals surface area contributed by atoms with Crippen LogP contribution in [0.5, 0.6) is 0 Å². The van der Waals surface area contributed by atoms with Crippen LogP contribution in [0.3, 0.4) is 0 Å². The second-order valence-electron chi connectivity index (χ2n) is 5.23. The number of carbonyl (C=O) groups is 1. The van der Waals surface area contributed by atoms with Gasteiger partial charge in [-0.25, -0.2) is 0 Å². The topological polar surface area (TPSA) is 78.6 Å². The first-order chi connectivity index (χ1) is 9.70. The Morgan fingerprint density at radius 3 is 2.75 bits per heavy atom. The fraction of sp³-hybridized carbons (Fsp3) is 0.533. The number of nitrogens with two attached hydrogens (primary N) is 1. The maximum atomic E-state index is 11.9. The summed E-state index contributed by atoms with van der Waals surface area (Å²) in [5, 5.41) is 11.8. The average molecular weight is 277 g/mol. The van der Waals surface area contributed by atoms with Crippen molar-refractivity contribution in [3.05, 3.63) is 24.3 Å². The Labute approximate surface area is 119 Å². The van der Waals surface area contributed by atoms with E-state index >= 15 is 0 Å². The number of carbonyl (C=O) groups excluding carboxylic acids is 1. The molecule has 0 atom stereocenters. The highest BCUT2D eigenvalue weighted by atomic mass is 16.3. The summed E-state index contributed by atoms with van der Waals surface area (Å²) in [5.41, 5.74) is 7.04. The molecule has 0 heterocycles. The molecule has 0 aliphatic heterocycles. The molecule has 5 heteroatoms. The third-order valence-corrected chi connectivity index (χ3v) is 3.53. The van der Waals surface area contributed by atoms with Crippen LogP contribution < -0.4 is 11.1 Å². The molecule has 1 fully saturated rings. The zero-order valence-corrected chi connectivity index (χ0v) is 11.7. The maximum absolute atomic E-state index is 11.9. The molecule has 1 saturated carbocycles. The van der Waals surface area contributed by atoms with Gasteiger partial charge in [0.15, 0.2) is 0 Å². The Balaban J connectivity index is 1.71. The number of benzene rings is 1. The van der Waals surface area contributed by atoms with Gasteiger partial charge in [0, 0.05) is 19.0 Å². The molecule has 5 nitrogen and oxygen atoms in total. The molecule has 0 saturated heterocycles. The Morgan fingerprint density at radius 1 is 1.35 bits per heavy atom. The molecule has 20 heavy (non-hydrogen) atoms. The number of nitrogens with zero attached hydrogens (tertiary/aromatic N) is 1. The van der Waals surface area contributed by atoms with Gasteiger partial charge in [0.25, 0.3) is 0 Å². The molecule has 0 radical (unpaired) electrons. The van der Waals surface area contributed by atoms with Gasteiger partial charge in [-0.2, -0.15) is 0 Å². The first-order valence-corrected chi connectivity index (χ1v) is 7.20. The summed E-state index contributed by atoms with van der Waals surface area (Å²) in [5.74, 6) is -0.0114. The van der Waals surface area contributed by atoms with Gasteiger partial charge in [0.05, 0.1) is 18.0 Å². The van der Waals surface area contributed by atoms with Crippen molar-refractivity contribution in [2.24, 2.45) is 0 Å². The minimum absolute atomic E-state index is 0.0114. The summed E-state index contributed by atoms with van der Waals surface area (Å²) in [4.78, 5) is 14.1. The molecule has 1 aliphatic carbocycles. The molecular formula is C15H23N3O2. The van der Waals surface area contributed by atoms with Crippen LogP contribution in [0.1, 0.15) is 25.7 Å². The summed E-state index contributed by atoms with van der Waals surface area (Å²) < 4.78 is 0. The molecule has 0 spiro atoms. The summed E-state index contributed by atoms with van der Waals surface area (Å²) in [7, 11) is 0. The summed E-state index contributed by atoms with van der Waals surface area (Å²) in [6, 6.07) is 7.88. The second kappa shape index (κ2) is 7.26. The van der Waals surface area contributed by atoms with E-state index in [4.69, 9.17) is 10.8 Å². The van der Waals surface area contributed by atoms with Crippen molar-refractivity contribution in [2.75, 3.05) is 30.7 Å². The van der Waals surface area contributed by atoms with Gasteiger partial charge in [0.2, 0.25) is 5.91 Å². The number of amides is 1. The van der Waals surface area contributed by atoms with Gasteiger partial charge >= 0.3 is 0 Å². The van der Waals surface area contributed by atoms with Crippen LogP contribution >= 0.6 is 0 Å². The van der Waals surface area contributed by atoms with Gasteiger partial charge in [0.1, 0.15) is 0 Å². The lowest BCUT2D eigenvalue weighted by atomic mass is 10.2. The smallest absolute Gasteiger partial charge is 0.224 e. The van der Waals surface area contributed by atoms with Crippen LogP contribution in [0.25, 0.3) is 0 Å². The van der Waals surface area contributed by atoms with Crippen LogP contribution in [-0.2, 0) is 4.79 Å². The van der Waals surface area contributed by atoms with E-state index in [0.717, 1.165) is 13.0 Å². The summed E-state index contributed by atoms with van der Waals surface area (Å²) in [6.07, 6.45) is 3.71. The fourth-order valence-electron chi connectivity index (χ4n) is 2.31. The Kier molecular flexibility index (Phi) is 5.38. The molecule has 110 valence electrons. The molecule has 1 aromatic carbocycles. The van der Waals surface area contributed by atoms with Crippen molar-refractivity contribution in [1.29, 1.82) is 0 Å². The number of rotatable bonds is 8. The van der Waals surface area contributed by atoms with Crippen LogP contribution in [0, 0.1) is 0 Å². The number of para-hydroxylation sites is 2. The number of anilines is 2. The Hall–Kier alpha value is -1.59. The van der Waals surface area contributed by atoms with Crippen molar-refractivity contribution < 1.29 is 9.90 Å². The van der Waals surface area contributed by atoms with Crippen molar-refractivity contribution in [3.8, 4) is 0 Å². The minimum Gasteiger partial charge on any atom is -0.397 e. The van der Waals surface area contributed by atoms with Gasteiger partial charge in [-0.3, -0.25) is 9.69 Å². The van der Waals surface area contributed by atoms with Gasteiger partial charge < -0.3 is 16.2 Å². The van der Waals surface area contributed by atoms with Gasteiger partial charge in [-0.1, -0.05) is 12.1 Å². The second-order valence-corrected chi connectivity index (χ2v) is 5.23. The molecule has 1 aliphatic rings. The van der Waals surface area contributed by atoms with E-state index < -0.39 is 0 Å². The van der Waals surface area contributed by atoms with Crippen LogP contribution in [-0.4, -0.2) is 41.7 Å². The summed E-state index contributed by atoms with van der Waals surface area (Å²) in [6.45, 7) is 1.75. The predicted octanol–water partition coefficient (Wildman–Crippen LogP) is 1.44. The third-order valence-electron chi connectivity index (χ3n) is 3.53. The summed E-state index contributed by atoms with van der Waals surface area (Å²) >= 11 is 0. The van der Waals surface area contributed by atoms with Crippen molar-refractivity contribution in [3.63, 3.8) is 0 Å². The SMILES string of the molecule is Nc1ccccc1NC(=O)CCCN(CCO)C1CC1. The zero-order valence-electron chi connectivity index (χ0n) is 11.7. The molecule has 4 N–H and O–H groups in total. The number of aliphatic hydroxyl groups excluding tert-OH is 1. The standard InChI is InChI=1S/C15H23N3O2/c16-13-4-1-2-5-14(13)17-15(20)6-3-9-18(10-11-19)12-7-8-12/h1-2,4-5,12,19H,3,6-11,16H2,(H,17,20). The first kappa shape index (κ1) is 14.8. The lowest BCUT2D eigenvalue weighted by Gasteiger charge is -2.20. The molecular weight excluding hydrogens is 254 g/mol. The number of nitrogens with one attached hydrogen (secondary N) is 1. The Morgan fingerprint density at radius 2 is 2.10 bits per heavy atom. The fourth-order valence-corrected chi connectivity index (χ4v) is 2.31. The number of hydrogen-bond donors (Lipinski definition) is 3. The largest absolute Gasteiger partial charge is 0.397 e. The van der Waals surface area contributed by atoms with E-state index in [2.05, 4.69) is 10.2 Å². The molecule has 0 bridgehead atoms. The van der Waals surface area contributed by atoms with Gasteiger partial charge in [-0.15, -0.1) is 0 Å². The predicted molar refractivity (Wildman–Crippen MR) is 80.4 cm³/mol. The highest BCUT2D eigenvalue weighted by Crippen LogP contribution is 2.26. The van der Waals surface area contributed by atoms with E-state index in [0.29, 0.717) is 30.4 Å². The van der Waals surface area contributed by atoms with E-state index in [1.807, 2.05) is 12.1 Å². The quantitative estimate of drug-likeness (QED) is 0.628. The molecule has 1 amide bonds. The first-order valence-electron chi connectivity index (χ1n) is 7.20. The van der Waals surface area contributed by atoms with Crippen molar-refractivity contribution in [2.45, 2.75) is 31.7 Å². The van der Waals surface area contributed by atoms with Crippen molar-refractivity contribution >= 4 is 17.3 Å². The highest BCUT2D eigenvalue weighted by molar-refractivity contribution is 5.93. The average Bonchev–Trinajstić information content (AvgIpc) is 3.25. The number of hydrogen-bond acceptors (Lipinski definition) is 4. The van der Waals surface area contributed by atoms with E-state index in [1.165, 1.54) is 12.8 Å². The van der Waals surface area contributed by atoms with E-state index in [-0.39, 0.29) is 12.5 Å². The molecule has 1 aromatic rings. The minimum atomic E-state index is -0.0114. The molecule has 0 aromatic heterocycles. The van der Waals surface area contributed by atoms with E-state index in [9.17, 15) is 4.79 Å². The molecule has 2 rings (SSSR count). The zero-order chi connectivity index (χ0) is 14.4. The highest BCUT2D eigenvalue weighted by Gasteiger charge is 2.27. The van der Waals surface area contributed by atoms with Crippen LogP contribution in [0.15, 0.2) is 24.3 Å².